The molecule has 0 aromatic heterocycles. The predicted molar refractivity (Wildman–Crippen MR) is 131 cm³/mol. The average Bonchev–Trinajstić information content (AvgIpc) is 3.07. The Morgan fingerprint density at radius 2 is 1.53 bits per heavy atom. The third-order valence-electron chi connectivity index (χ3n) is 6.88. The zero-order chi connectivity index (χ0) is 25.7. The molecular formula is C26H25F2N3O4S. The fourth-order valence-electron chi connectivity index (χ4n) is 4.84. The molecule has 1 saturated heterocycles. The van der Waals surface area contributed by atoms with E-state index >= 15 is 0 Å². The first-order valence-electron chi connectivity index (χ1n) is 11.5. The van der Waals surface area contributed by atoms with Crippen molar-refractivity contribution < 1.29 is 27.1 Å². The molecule has 2 heterocycles. The van der Waals surface area contributed by atoms with Gasteiger partial charge < -0.3 is 14.9 Å². The molecule has 0 saturated carbocycles. The Bertz CT molecular complexity index is 1400. The van der Waals surface area contributed by atoms with Crippen LogP contribution in [0.4, 0.5) is 20.2 Å². The number of piperidine rings is 1. The number of nitrogens with zero attached hydrogens (tertiary/aromatic N) is 2. The maximum atomic E-state index is 13.6. The maximum absolute atomic E-state index is 13.6. The van der Waals surface area contributed by atoms with E-state index in [1.807, 2.05) is 29.2 Å². The Morgan fingerprint density at radius 3 is 2.14 bits per heavy atom. The molecule has 3 aromatic carbocycles. The van der Waals surface area contributed by atoms with Gasteiger partial charge >= 0.3 is 0 Å². The first-order chi connectivity index (χ1) is 17.0. The van der Waals surface area contributed by atoms with Gasteiger partial charge in [0.1, 0.15) is 0 Å². The van der Waals surface area contributed by atoms with Crippen LogP contribution in [0.5, 0.6) is 0 Å². The summed E-state index contributed by atoms with van der Waals surface area (Å²) in [4.78, 5) is 16.9. The number of carbonyl (C=O) groups excluding carboxylic acids is 1. The second kappa shape index (κ2) is 8.65. The summed E-state index contributed by atoms with van der Waals surface area (Å²) in [5, 5.41) is 16.8. The smallest absolute Gasteiger partial charge is 0.268 e. The second-order valence-corrected chi connectivity index (χ2v) is 10.8. The number of hydrogen-bond donors (Lipinski definition) is 2. The van der Waals surface area contributed by atoms with Crippen molar-refractivity contribution in [1.29, 1.82) is 0 Å². The summed E-state index contributed by atoms with van der Waals surface area (Å²) in [6, 6.07) is 19.6. The van der Waals surface area contributed by atoms with Crippen LogP contribution in [0.25, 0.3) is 0 Å². The Morgan fingerprint density at radius 1 is 0.917 bits per heavy atom. The first kappa shape index (κ1) is 24.4. The van der Waals surface area contributed by atoms with E-state index in [1.165, 1.54) is 29.2 Å². The van der Waals surface area contributed by atoms with Crippen molar-refractivity contribution in [1.82, 2.24) is 0 Å². The molecule has 0 spiro atoms. The number of nitrogens with two attached hydrogens (primary N) is 1. The molecule has 36 heavy (non-hydrogen) atoms. The lowest BCUT2D eigenvalue weighted by Crippen LogP contribution is -2.41. The van der Waals surface area contributed by atoms with E-state index in [-0.39, 0.29) is 42.9 Å². The number of hydrogen-bond acceptors (Lipinski definition) is 5. The standard InChI is InChI=1S/C26H25F2N3O4S/c27-25(28)13-15-30(16-14-25)20-9-5-18(6-10-20)17-31-23-4-2-1-3-22(23)26(33,24(31)32)19-7-11-21(12-8-19)36(29,34)35/h1-12,33H,13-17H2,(H2,29,34,35). The lowest BCUT2D eigenvalue weighted by molar-refractivity contribution is -0.132. The van der Waals surface area contributed by atoms with Crippen molar-refractivity contribution in [2.75, 3.05) is 22.9 Å². The van der Waals surface area contributed by atoms with Gasteiger partial charge in [-0.2, -0.15) is 0 Å². The van der Waals surface area contributed by atoms with Crippen LogP contribution < -0.4 is 14.9 Å². The summed E-state index contributed by atoms with van der Waals surface area (Å²) < 4.78 is 50.2. The Hall–Kier alpha value is -3.34. The van der Waals surface area contributed by atoms with Gasteiger partial charge in [-0.1, -0.05) is 42.5 Å². The van der Waals surface area contributed by atoms with E-state index in [9.17, 15) is 27.1 Å². The van der Waals surface area contributed by atoms with Crippen molar-refractivity contribution >= 4 is 27.3 Å². The van der Waals surface area contributed by atoms with Crippen LogP contribution >= 0.6 is 0 Å². The van der Waals surface area contributed by atoms with Gasteiger partial charge in [-0.05, 0) is 41.5 Å². The van der Waals surface area contributed by atoms with E-state index in [0.717, 1.165) is 11.3 Å². The van der Waals surface area contributed by atoms with Crippen LogP contribution in [0.1, 0.15) is 29.5 Å². The van der Waals surface area contributed by atoms with Gasteiger partial charge in [-0.15, -0.1) is 0 Å². The number of rotatable bonds is 5. The minimum absolute atomic E-state index is 0.122. The first-order valence-corrected chi connectivity index (χ1v) is 13.0. The van der Waals surface area contributed by atoms with E-state index < -0.39 is 27.5 Å². The van der Waals surface area contributed by atoms with Crippen molar-refractivity contribution in [3.05, 3.63) is 89.5 Å². The number of amides is 1. The lowest BCUT2D eigenvalue weighted by Gasteiger charge is -2.33. The van der Waals surface area contributed by atoms with Crippen molar-refractivity contribution in [2.45, 2.75) is 35.8 Å². The topological polar surface area (TPSA) is 104 Å². The number of primary sulfonamides is 1. The summed E-state index contributed by atoms with van der Waals surface area (Å²) in [6.45, 7) is 0.745. The number of halogens is 2. The zero-order valence-corrected chi connectivity index (χ0v) is 20.1. The van der Waals surface area contributed by atoms with Crippen LogP contribution in [0.2, 0.25) is 0 Å². The van der Waals surface area contributed by atoms with Crippen LogP contribution in [0, 0.1) is 0 Å². The van der Waals surface area contributed by atoms with Gasteiger partial charge in [0, 0.05) is 37.2 Å². The number of alkyl halides is 2. The molecule has 3 aromatic rings. The van der Waals surface area contributed by atoms with Crippen LogP contribution in [-0.4, -0.2) is 38.4 Å². The SMILES string of the molecule is NS(=O)(=O)c1ccc(C2(O)C(=O)N(Cc3ccc(N4CCC(F)(F)CC4)cc3)c3ccccc32)cc1. The van der Waals surface area contributed by atoms with Gasteiger partial charge in [0.15, 0.2) is 5.60 Å². The molecule has 2 aliphatic heterocycles. The summed E-state index contributed by atoms with van der Waals surface area (Å²) in [5.74, 6) is -3.18. The number of sulfonamides is 1. The molecule has 5 rings (SSSR count). The molecule has 10 heteroatoms. The van der Waals surface area contributed by atoms with Crippen LogP contribution in [0.15, 0.2) is 77.7 Å². The van der Waals surface area contributed by atoms with E-state index in [4.69, 9.17) is 5.14 Å². The van der Waals surface area contributed by atoms with Gasteiger partial charge in [0.2, 0.25) is 10.0 Å². The number of fused-ring (bicyclic) bond motifs is 1. The number of para-hydroxylation sites is 1. The third-order valence-corrected chi connectivity index (χ3v) is 7.81. The Kier molecular flexibility index (Phi) is 5.85. The van der Waals surface area contributed by atoms with Gasteiger partial charge in [-0.3, -0.25) is 4.79 Å². The third kappa shape index (κ3) is 4.25. The second-order valence-electron chi connectivity index (χ2n) is 9.20. The highest BCUT2D eigenvalue weighted by Crippen LogP contribution is 2.45. The molecule has 188 valence electrons. The molecular weight excluding hydrogens is 488 g/mol. The zero-order valence-electron chi connectivity index (χ0n) is 19.3. The number of aliphatic hydroxyl groups is 1. The van der Waals surface area contributed by atoms with E-state index in [0.29, 0.717) is 11.3 Å². The summed E-state index contributed by atoms with van der Waals surface area (Å²) >= 11 is 0. The molecule has 1 atom stereocenters. The van der Waals surface area contributed by atoms with Crippen LogP contribution in [0.3, 0.4) is 0 Å². The van der Waals surface area contributed by atoms with Gasteiger partial charge in [0.05, 0.1) is 17.1 Å². The van der Waals surface area contributed by atoms with Crippen molar-refractivity contribution in [3.8, 4) is 0 Å². The summed E-state index contributed by atoms with van der Waals surface area (Å²) in [7, 11) is -3.92. The van der Waals surface area contributed by atoms with E-state index in [2.05, 4.69) is 0 Å². The van der Waals surface area contributed by atoms with Crippen LogP contribution in [-0.2, 0) is 27.0 Å². The quantitative estimate of drug-likeness (QED) is 0.545. The highest BCUT2D eigenvalue weighted by molar-refractivity contribution is 7.89. The monoisotopic (exact) mass is 513 g/mol. The van der Waals surface area contributed by atoms with Gasteiger partial charge in [0.25, 0.3) is 11.8 Å². The largest absolute Gasteiger partial charge is 0.372 e. The molecule has 1 unspecified atom stereocenters. The fourth-order valence-corrected chi connectivity index (χ4v) is 5.36. The molecule has 0 radical (unpaired) electrons. The predicted octanol–water partition coefficient (Wildman–Crippen LogP) is 3.35. The molecule has 7 nitrogen and oxygen atoms in total. The minimum Gasteiger partial charge on any atom is -0.372 e. The molecule has 1 fully saturated rings. The average molecular weight is 514 g/mol. The Balaban J connectivity index is 1.41. The lowest BCUT2D eigenvalue weighted by atomic mass is 9.87. The highest BCUT2D eigenvalue weighted by atomic mass is 32.2. The normalized spacial score (nSPS) is 21.5. The molecule has 1 amide bonds. The number of carbonyl (C=O) groups is 1. The molecule has 0 bridgehead atoms. The fraction of sp³-hybridized carbons (Fsp3) is 0.269. The van der Waals surface area contributed by atoms with Crippen molar-refractivity contribution in [3.63, 3.8) is 0 Å². The highest BCUT2D eigenvalue weighted by Gasteiger charge is 2.51. The minimum atomic E-state index is -3.92. The maximum Gasteiger partial charge on any atom is 0.268 e. The molecule has 0 aliphatic carbocycles. The van der Waals surface area contributed by atoms with Gasteiger partial charge in [-0.25, -0.2) is 22.3 Å². The number of benzene rings is 3. The molecule has 2 aliphatic rings. The Labute approximate surface area is 207 Å². The van der Waals surface area contributed by atoms with Crippen molar-refractivity contribution in [2.24, 2.45) is 5.14 Å². The molecule has 3 N–H and O–H groups in total. The van der Waals surface area contributed by atoms with E-state index in [1.54, 1.807) is 24.3 Å². The number of anilines is 2. The summed E-state index contributed by atoms with van der Waals surface area (Å²) in [5.41, 5.74) is 0.818. The summed E-state index contributed by atoms with van der Waals surface area (Å²) in [6.07, 6.45) is -0.352.